The summed E-state index contributed by atoms with van der Waals surface area (Å²) >= 11 is 0. The fourth-order valence-electron chi connectivity index (χ4n) is 2.40. The van der Waals surface area contributed by atoms with Crippen molar-refractivity contribution in [2.24, 2.45) is 5.73 Å². The van der Waals surface area contributed by atoms with Crippen LogP contribution in [0.4, 0.5) is 4.39 Å². The highest BCUT2D eigenvalue weighted by molar-refractivity contribution is 5.17. The standard InChI is InChI=1S/C14H20FNO/c1-10-2-7-14(17-10)9-13(16)8-11-3-5-12(15)6-4-11/h3-6,10,13-14H,2,7-9,16H2,1H3. The smallest absolute Gasteiger partial charge is 0.123 e. The number of ether oxygens (including phenoxy) is 1. The molecule has 0 saturated carbocycles. The minimum atomic E-state index is -0.199. The second-order valence-electron chi connectivity index (χ2n) is 4.97. The third-order valence-electron chi connectivity index (χ3n) is 3.30. The summed E-state index contributed by atoms with van der Waals surface area (Å²) in [6, 6.07) is 6.66. The quantitative estimate of drug-likeness (QED) is 0.873. The SMILES string of the molecule is CC1CCC(CC(N)Cc2ccc(F)cc2)O1. The monoisotopic (exact) mass is 237 g/mol. The van der Waals surface area contributed by atoms with E-state index in [4.69, 9.17) is 10.5 Å². The molecule has 17 heavy (non-hydrogen) atoms. The number of nitrogens with two attached hydrogens (primary N) is 1. The molecule has 0 radical (unpaired) electrons. The van der Waals surface area contributed by atoms with Crippen LogP contribution >= 0.6 is 0 Å². The Kier molecular flexibility index (Phi) is 4.13. The first kappa shape index (κ1) is 12.5. The molecule has 3 atom stereocenters. The lowest BCUT2D eigenvalue weighted by atomic mass is 10.00. The zero-order chi connectivity index (χ0) is 12.3. The molecule has 0 bridgehead atoms. The Morgan fingerprint density at radius 1 is 1.35 bits per heavy atom. The van der Waals surface area contributed by atoms with Gasteiger partial charge in [0.25, 0.3) is 0 Å². The highest BCUT2D eigenvalue weighted by atomic mass is 19.1. The Labute approximate surface area is 102 Å². The summed E-state index contributed by atoms with van der Waals surface area (Å²) in [4.78, 5) is 0. The lowest BCUT2D eigenvalue weighted by molar-refractivity contribution is 0.0471. The highest BCUT2D eigenvalue weighted by Gasteiger charge is 2.23. The summed E-state index contributed by atoms with van der Waals surface area (Å²) in [7, 11) is 0. The van der Waals surface area contributed by atoms with Gasteiger partial charge in [0.05, 0.1) is 12.2 Å². The molecular formula is C14H20FNO. The highest BCUT2D eigenvalue weighted by Crippen LogP contribution is 2.23. The number of hydrogen-bond donors (Lipinski definition) is 1. The van der Waals surface area contributed by atoms with Crippen LogP contribution in [0.2, 0.25) is 0 Å². The van der Waals surface area contributed by atoms with Crippen molar-refractivity contribution in [3.05, 3.63) is 35.6 Å². The van der Waals surface area contributed by atoms with Gasteiger partial charge in [0, 0.05) is 6.04 Å². The van der Waals surface area contributed by atoms with Crippen molar-refractivity contribution in [1.82, 2.24) is 0 Å². The molecule has 1 aliphatic heterocycles. The number of hydrogen-bond acceptors (Lipinski definition) is 2. The molecule has 1 saturated heterocycles. The van der Waals surface area contributed by atoms with Gasteiger partial charge < -0.3 is 10.5 Å². The van der Waals surface area contributed by atoms with E-state index in [1.807, 2.05) is 0 Å². The average molecular weight is 237 g/mol. The normalized spacial score (nSPS) is 26.1. The molecule has 1 fully saturated rings. The zero-order valence-electron chi connectivity index (χ0n) is 10.2. The second-order valence-corrected chi connectivity index (χ2v) is 4.97. The number of rotatable bonds is 4. The van der Waals surface area contributed by atoms with Gasteiger partial charge >= 0.3 is 0 Å². The molecule has 0 amide bonds. The third-order valence-corrected chi connectivity index (χ3v) is 3.30. The van der Waals surface area contributed by atoms with Gasteiger partial charge in [0.2, 0.25) is 0 Å². The number of halogens is 1. The first-order valence-corrected chi connectivity index (χ1v) is 6.29. The molecule has 3 heteroatoms. The Morgan fingerprint density at radius 2 is 2.06 bits per heavy atom. The van der Waals surface area contributed by atoms with Crippen LogP contribution in [-0.2, 0) is 11.2 Å². The second kappa shape index (κ2) is 5.61. The minimum absolute atomic E-state index is 0.0933. The fourth-order valence-corrected chi connectivity index (χ4v) is 2.40. The van der Waals surface area contributed by atoms with Gasteiger partial charge in [-0.3, -0.25) is 0 Å². The zero-order valence-corrected chi connectivity index (χ0v) is 10.2. The van der Waals surface area contributed by atoms with Gasteiger partial charge in [-0.1, -0.05) is 12.1 Å². The average Bonchev–Trinajstić information content (AvgIpc) is 2.67. The summed E-state index contributed by atoms with van der Waals surface area (Å²) in [5, 5.41) is 0. The van der Waals surface area contributed by atoms with Crippen molar-refractivity contribution < 1.29 is 9.13 Å². The molecule has 2 rings (SSSR count). The van der Waals surface area contributed by atoms with Crippen molar-refractivity contribution in [2.45, 2.75) is 50.9 Å². The van der Waals surface area contributed by atoms with Crippen LogP contribution in [0.15, 0.2) is 24.3 Å². The molecule has 1 aromatic carbocycles. The van der Waals surface area contributed by atoms with Crippen molar-refractivity contribution in [1.29, 1.82) is 0 Å². The summed E-state index contributed by atoms with van der Waals surface area (Å²) in [6.45, 7) is 2.10. The van der Waals surface area contributed by atoms with E-state index in [0.29, 0.717) is 12.2 Å². The van der Waals surface area contributed by atoms with Gasteiger partial charge in [-0.15, -0.1) is 0 Å². The van der Waals surface area contributed by atoms with Crippen LogP contribution in [-0.4, -0.2) is 18.2 Å². The van der Waals surface area contributed by atoms with Crippen molar-refractivity contribution in [3.63, 3.8) is 0 Å². The lowest BCUT2D eigenvalue weighted by Crippen LogP contribution is -2.28. The molecule has 1 aromatic rings. The maximum atomic E-state index is 12.7. The fraction of sp³-hybridized carbons (Fsp3) is 0.571. The molecule has 1 heterocycles. The van der Waals surface area contributed by atoms with Crippen LogP contribution in [0.1, 0.15) is 31.7 Å². The number of benzene rings is 1. The third kappa shape index (κ3) is 3.79. The molecule has 1 aliphatic rings. The van der Waals surface area contributed by atoms with E-state index < -0.39 is 0 Å². The first-order valence-electron chi connectivity index (χ1n) is 6.29. The van der Waals surface area contributed by atoms with Gasteiger partial charge in [0.15, 0.2) is 0 Å². The van der Waals surface area contributed by atoms with Gasteiger partial charge in [0.1, 0.15) is 5.82 Å². The van der Waals surface area contributed by atoms with Crippen LogP contribution in [0.5, 0.6) is 0 Å². The van der Waals surface area contributed by atoms with E-state index in [9.17, 15) is 4.39 Å². The van der Waals surface area contributed by atoms with E-state index in [0.717, 1.165) is 31.2 Å². The summed E-state index contributed by atoms with van der Waals surface area (Å²) < 4.78 is 18.5. The Morgan fingerprint density at radius 3 is 2.65 bits per heavy atom. The predicted octanol–water partition coefficient (Wildman–Crippen LogP) is 2.65. The molecule has 0 aliphatic carbocycles. The lowest BCUT2D eigenvalue weighted by Gasteiger charge is -2.17. The van der Waals surface area contributed by atoms with Crippen molar-refractivity contribution >= 4 is 0 Å². The van der Waals surface area contributed by atoms with E-state index >= 15 is 0 Å². The maximum absolute atomic E-state index is 12.7. The summed E-state index contributed by atoms with van der Waals surface area (Å²) in [5.74, 6) is -0.199. The minimum Gasteiger partial charge on any atom is -0.375 e. The molecule has 94 valence electrons. The summed E-state index contributed by atoms with van der Waals surface area (Å²) in [5.41, 5.74) is 7.18. The Hall–Kier alpha value is -0.930. The molecule has 3 unspecified atom stereocenters. The molecule has 2 nitrogen and oxygen atoms in total. The van der Waals surface area contributed by atoms with E-state index in [-0.39, 0.29) is 11.9 Å². The molecular weight excluding hydrogens is 217 g/mol. The topological polar surface area (TPSA) is 35.2 Å². The molecule has 0 aromatic heterocycles. The van der Waals surface area contributed by atoms with Gasteiger partial charge in [-0.05, 0) is 50.3 Å². The van der Waals surface area contributed by atoms with Crippen LogP contribution in [0, 0.1) is 5.82 Å². The molecule has 0 spiro atoms. The first-order chi connectivity index (χ1) is 8.13. The van der Waals surface area contributed by atoms with Gasteiger partial charge in [-0.25, -0.2) is 4.39 Å². The van der Waals surface area contributed by atoms with Crippen molar-refractivity contribution in [2.75, 3.05) is 0 Å². The van der Waals surface area contributed by atoms with Crippen LogP contribution in [0.3, 0.4) is 0 Å². The molecule has 2 N–H and O–H groups in total. The van der Waals surface area contributed by atoms with Crippen LogP contribution < -0.4 is 5.73 Å². The van der Waals surface area contributed by atoms with E-state index in [1.54, 1.807) is 12.1 Å². The van der Waals surface area contributed by atoms with Gasteiger partial charge in [-0.2, -0.15) is 0 Å². The van der Waals surface area contributed by atoms with E-state index in [2.05, 4.69) is 6.92 Å². The Bertz CT molecular complexity index is 352. The maximum Gasteiger partial charge on any atom is 0.123 e. The Balaban J connectivity index is 1.80. The largest absolute Gasteiger partial charge is 0.375 e. The van der Waals surface area contributed by atoms with Crippen molar-refractivity contribution in [3.8, 4) is 0 Å². The van der Waals surface area contributed by atoms with E-state index in [1.165, 1.54) is 12.1 Å². The predicted molar refractivity (Wildman–Crippen MR) is 66.3 cm³/mol. The van der Waals surface area contributed by atoms with Crippen LogP contribution in [0.25, 0.3) is 0 Å². The summed E-state index contributed by atoms with van der Waals surface area (Å²) in [6.07, 6.45) is 4.60.